The number of carboxylic acid groups (broad SMARTS) is 1. The van der Waals surface area contributed by atoms with E-state index in [1.165, 1.54) is 0 Å². The predicted molar refractivity (Wildman–Crippen MR) is 80.7 cm³/mol. The predicted octanol–water partition coefficient (Wildman–Crippen LogP) is 2.80. The molecule has 1 rings (SSSR count). The van der Waals surface area contributed by atoms with Crippen molar-refractivity contribution in [3.05, 3.63) is 24.3 Å². The smallest absolute Gasteiger partial charge is 0.341 e. The number of aliphatic carboxylic acids is 1. The Bertz CT molecular complexity index is 497. The number of hydrogen-bond donors (Lipinski definition) is 2. The molecule has 0 saturated carbocycles. The van der Waals surface area contributed by atoms with Gasteiger partial charge in [-0.05, 0) is 44.5 Å². The van der Waals surface area contributed by atoms with E-state index in [1.54, 1.807) is 36.2 Å². The van der Waals surface area contributed by atoms with Crippen LogP contribution in [0.4, 0.5) is 10.5 Å². The zero-order valence-corrected chi connectivity index (χ0v) is 12.8. The van der Waals surface area contributed by atoms with Crippen LogP contribution in [0.25, 0.3) is 0 Å². The molecule has 0 aliphatic carbocycles. The molecule has 0 unspecified atom stereocenters. The van der Waals surface area contributed by atoms with E-state index in [9.17, 15) is 9.59 Å². The molecule has 0 atom stereocenters. The number of nitrogens with zero attached hydrogens (tertiary/aromatic N) is 1. The minimum atomic E-state index is -1.03. The largest absolute Gasteiger partial charge is 0.482 e. The van der Waals surface area contributed by atoms with Crippen LogP contribution >= 0.6 is 0 Å². The summed E-state index contributed by atoms with van der Waals surface area (Å²) in [6.07, 6.45) is 0.846. The fourth-order valence-corrected chi connectivity index (χ4v) is 1.50. The quantitative estimate of drug-likeness (QED) is 0.845. The summed E-state index contributed by atoms with van der Waals surface area (Å²) in [5.74, 6) is -0.589. The molecule has 1 aromatic rings. The van der Waals surface area contributed by atoms with Crippen molar-refractivity contribution in [3.8, 4) is 5.75 Å². The van der Waals surface area contributed by atoms with Crippen LogP contribution in [-0.4, -0.2) is 41.2 Å². The molecule has 2 N–H and O–H groups in total. The lowest BCUT2D eigenvalue weighted by Crippen LogP contribution is -2.46. The Morgan fingerprint density at radius 3 is 2.33 bits per heavy atom. The van der Waals surface area contributed by atoms with Crippen molar-refractivity contribution >= 4 is 17.7 Å². The molecule has 0 aliphatic rings. The monoisotopic (exact) mass is 294 g/mol. The highest BCUT2D eigenvalue weighted by atomic mass is 16.5. The number of rotatable bonds is 6. The third kappa shape index (κ3) is 4.98. The second-order valence-corrected chi connectivity index (χ2v) is 5.36. The van der Waals surface area contributed by atoms with Gasteiger partial charge in [0.25, 0.3) is 0 Å². The molecular formula is C15H22N2O4. The van der Waals surface area contributed by atoms with Crippen LogP contribution in [0.5, 0.6) is 5.75 Å². The second kappa shape index (κ2) is 6.97. The molecule has 0 bridgehead atoms. The molecule has 0 saturated heterocycles. The first-order valence-corrected chi connectivity index (χ1v) is 6.75. The maximum atomic E-state index is 12.1. The topological polar surface area (TPSA) is 78.9 Å². The Balaban J connectivity index is 2.63. The van der Waals surface area contributed by atoms with Gasteiger partial charge in [-0.15, -0.1) is 0 Å². The van der Waals surface area contributed by atoms with Gasteiger partial charge in [0.2, 0.25) is 0 Å². The third-order valence-electron chi connectivity index (χ3n) is 3.55. The molecule has 0 fully saturated rings. The van der Waals surface area contributed by atoms with Gasteiger partial charge in [-0.3, -0.25) is 0 Å². The summed E-state index contributed by atoms with van der Waals surface area (Å²) in [6.45, 7) is 5.63. The van der Waals surface area contributed by atoms with Gasteiger partial charge in [0.05, 0.1) is 0 Å². The number of hydrogen-bond acceptors (Lipinski definition) is 3. The van der Waals surface area contributed by atoms with Gasteiger partial charge in [-0.1, -0.05) is 6.92 Å². The summed E-state index contributed by atoms with van der Waals surface area (Å²) < 4.78 is 5.02. The maximum absolute atomic E-state index is 12.1. The normalized spacial score (nSPS) is 10.9. The van der Waals surface area contributed by atoms with Gasteiger partial charge in [-0.25, -0.2) is 9.59 Å². The number of nitrogens with one attached hydrogen (secondary N) is 1. The highest BCUT2D eigenvalue weighted by molar-refractivity contribution is 5.89. The van der Waals surface area contributed by atoms with Crippen LogP contribution in [0.1, 0.15) is 27.2 Å². The minimum Gasteiger partial charge on any atom is -0.482 e. The summed E-state index contributed by atoms with van der Waals surface area (Å²) in [6, 6.07) is 6.37. The molecule has 2 amide bonds. The Morgan fingerprint density at radius 1 is 1.29 bits per heavy atom. The van der Waals surface area contributed by atoms with E-state index in [0.29, 0.717) is 11.4 Å². The number of amides is 2. The summed E-state index contributed by atoms with van der Waals surface area (Å²) >= 11 is 0. The molecule has 21 heavy (non-hydrogen) atoms. The maximum Gasteiger partial charge on any atom is 0.341 e. The summed E-state index contributed by atoms with van der Waals surface area (Å²) in [5.41, 5.74) is 0.399. The number of urea groups is 1. The molecule has 0 heterocycles. The van der Waals surface area contributed by atoms with Gasteiger partial charge >= 0.3 is 12.0 Å². The van der Waals surface area contributed by atoms with Crippen molar-refractivity contribution in [2.45, 2.75) is 32.7 Å². The van der Waals surface area contributed by atoms with E-state index >= 15 is 0 Å². The van der Waals surface area contributed by atoms with Gasteiger partial charge in [0.15, 0.2) is 6.61 Å². The van der Waals surface area contributed by atoms with Gasteiger partial charge in [0.1, 0.15) is 5.75 Å². The molecule has 0 radical (unpaired) electrons. The fraction of sp³-hybridized carbons (Fsp3) is 0.467. The van der Waals surface area contributed by atoms with E-state index in [0.717, 1.165) is 6.42 Å². The standard InChI is InChI=1S/C15H22N2O4/c1-5-15(2,3)17(4)14(20)16-11-6-8-12(9-7-11)21-10-13(18)19/h6-9H,5,10H2,1-4H3,(H,16,20)(H,18,19). The van der Waals surface area contributed by atoms with Gasteiger partial charge in [0, 0.05) is 18.3 Å². The summed E-state index contributed by atoms with van der Waals surface area (Å²) in [4.78, 5) is 24.2. The van der Waals surface area contributed by atoms with E-state index in [2.05, 4.69) is 5.32 Å². The van der Waals surface area contributed by atoms with Crippen LogP contribution in [0.3, 0.4) is 0 Å². The number of carbonyl (C=O) groups is 2. The molecular weight excluding hydrogens is 272 g/mol. The lowest BCUT2D eigenvalue weighted by Gasteiger charge is -2.34. The average molecular weight is 294 g/mol. The molecule has 6 nitrogen and oxygen atoms in total. The van der Waals surface area contributed by atoms with Gasteiger partial charge < -0.3 is 20.1 Å². The number of carboxylic acids is 1. The highest BCUT2D eigenvalue weighted by Gasteiger charge is 2.25. The molecule has 1 aromatic carbocycles. The second-order valence-electron chi connectivity index (χ2n) is 5.36. The van der Waals surface area contributed by atoms with Crippen molar-refractivity contribution in [1.82, 2.24) is 4.90 Å². The SMILES string of the molecule is CCC(C)(C)N(C)C(=O)Nc1ccc(OCC(=O)O)cc1. The minimum absolute atomic E-state index is 0.193. The average Bonchev–Trinajstić information content (AvgIpc) is 2.45. The van der Waals surface area contributed by atoms with Crippen molar-refractivity contribution in [1.29, 1.82) is 0 Å². The van der Waals surface area contributed by atoms with E-state index in [4.69, 9.17) is 9.84 Å². The first-order valence-electron chi connectivity index (χ1n) is 6.75. The molecule has 116 valence electrons. The van der Waals surface area contributed by atoms with E-state index in [1.807, 2.05) is 20.8 Å². The van der Waals surface area contributed by atoms with Crippen molar-refractivity contribution in [2.75, 3.05) is 19.0 Å². The molecule has 0 spiro atoms. The van der Waals surface area contributed by atoms with Crippen molar-refractivity contribution in [3.63, 3.8) is 0 Å². The van der Waals surface area contributed by atoms with Crippen LogP contribution < -0.4 is 10.1 Å². The van der Waals surface area contributed by atoms with Crippen LogP contribution in [0.2, 0.25) is 0 Å². The summed E-state index contributed by atoms with van der Waals surface area (Å²) in [5, 5.41) is 11.3. The lowest BCUT2D eigenvalue weighted by molar-refractivity contribution is -0.139. The van der Waals surface area contributed by atoms with Crippen molar-refractivity contribution < 1.29 is 19.4 Å². The van der Waals surface area contributed by atoms with Crippen LogP contribution in [0, 0.1) is 0 Å². The Morgan fingerprint density at radius 2 is 1.86 bits per heavy atom. The zero-order valence-electron chi connectivity index (χ0n) is 12.8. The van der Waals surface area contributed by atoms with E-state index < -0.39 is 5.97 Å². The van der Waals surface area contributed by atoms with E-state index in [-0.39, 0.29) is 18.2 Å². The number of anilines is 1. The lowest BCUT2D eigenvalue weighted by atomic mass is 10.0. The first kappa shape index (κ1) is 16.8. The third-order valence-corrected chi connectivity index (χ3v) is 3.55. The highest BCUT2D eigenvalue weighted by Crippen LogP contribution is 2.19. The summed E-state index contributed by atoms with van der Waals surface area (Å²) in [7, 11) is 1.75. The molecule has 0 aromatic heterocycles. The number of benzene rings is 1. The van der Waals surface area contributed by atoms with Crippen LogP contribution in [0.15, 0.2) is 24.3 Å². The zero-order chi connectivity index (χ0) is 16.0. The molecule has 0 aliphatic heterocycles. The van der Waals surface area contributed by atoms with Crippen LogP contribution in [-0.2, 0) is 4.79 Å². The van der Waals surface area contributed by atoms with Gasteiger partial charge in [-0.2, -0.15) is 0 Å². The number of carbonyl (C=O) groups excluding carboxylic acids is 1. The Kier molecular flexibility index (Phi) is 5.58. The number of ether oxygens (including phenoxy) is 1. The Hall–Kier alpha value is -2.24. The first-order chi connectivity index (χ1) is 9.76. The Labute approximate surface area is 124 Å². The molecule has 6 heteroatoms. The van der Waals surface area contributed by atoms with Crippen molar-refractivity contribution in [2.24, 2.45) is 0 Å². The fourth-order valence-electron chi connectivity index (χ4n) is 1.50.